The zero-order chi connectivity index (χ0) is 42.2. The molecule has 0 aromatic carbocycles. The average Bonchev–Trinajstić information content (AvgIpc) is 3.18. The first-order valence-corrected chi connectivity index (χ1v) is 23.0. The Morgan fingerprint density at radius 2 is 1.23 bits per heavy atom. The van der Waals surface area contributed by atoms with Crippen LogP contribution in [0.4, 0.5) is 0 Å². The third kappa shape index (κ3) is 26.7. The van der Waals surface area contributed by atoms with Crippen LogP contribution in [0.25, 0.3) is 0 Å². The van der Waals surface area contributed by atoms with Crippen LogP contribution in [0.3, 0.4) is 0 Å². The van der Waals surface area contributed by atoms with Gasteiger partial charge in [-0.3, -0.25) is 9.35 Å². The maximum Gasteiger partial charge on any atom is 0.397 e. The number of unbranched alkanes of at least 4 members (excludes halogenated alkanes) is 16. The van der Waals surface area contributed by atoms with E-state index in [4.69, 9.17) is 14.0 Å². The zero-order valence-electron chi connectivity index (χ0n) is 34.7. The Kier molecular flexibility index (Phi) is 31.5. The minimum absolute atomic E-state index is 0.225. The molecule has 0 bridgehead atoms. The highest BCUT2D eigenvalue weighted by Crippen LogP contribution is 2.26. The fourth-order valence-corrected chi connectivity index (χ4v) is 7.00. The van der Waals surface area contributed by atoms with Crippen molar-refractivity contribution in [3.63, 3.8) is 0 Å². The summed E-state index contributed by atoms with van der Waals surface area (Å²) in [6, 6.07) is -1.14. The second kappa shape index (κ2) is 33.8. The molecule has 0 spiro atoms. The van der Waals surface area contributed by atoms with Crippen LogP contribution < -0.4 is 5.32 Å². The van der Waals surface area contributed by atoms with Gasteiger partial charge in [0, 0.05) is 0 Å². The van der Waals surface area contributed by atoms with E-state index in [1.807, 2.05) is 6.08 Å². The van der Waals surface area contributed by atoms with Gasteiger partial charge >= 0.3 is 10.4 Å². The Morgan fingerprint density at radius 1 is 0.719 bits per heavy atom. The zero-order valence-corrected chi connectivity index (χ0v) is 35.6. The molecule has 332 valence electrons. The summed E-state index contributed by atoms with van der Waals surface area (Å²) in [6.07, 6.45) is 27.9. The summed E-state index contributed by atoms with van der Waals surface area (Å²) >= 11 is 0. The maximum absolute atomic E-state index is 13.0. The Bertz CT molecular complexity index is 1230. The fourth-order valence-electron chi connectivity index (χ4n) is 6.49. The Morgan fingerprint density at radius 3 is 1.77 bits per heavy atom. The van der Waals surface area contributed by atoms with Crippen molar-refractivity contribution in [1.29, 1.82) is 0 Å². The summed E-state index contributed by atoms with van der Waals surface area (Å²) in [5.41, 5.74) is 0. The topological polar surface area (TPSA) is 212 Å². The monoisotopic (exact) mass is 832 g/mol. The highest BCUT2D eigenvalue weighted by molar-refractivity contribution is 7.80. The number of hydrogen-bond donors (Lipinski definition) is 7. The van der Waals surface area contributed by atoms with Crippen LogP contribution in [0, 0.1) is 0 Å². The molecule has 8 unspecified atom stereocenters. The molecule has 0 radical (unpaired) electrons. The van der Waals surface area contributed by atoms with E-state index in [2.05, 4.69) is 53.7 Å². The molecular formula is C43H77NO12S. The molecule has 7 N–H and O–H groups in total. The van der Waals surface area contributed by atoms with E-state index in [0.29, 0.717) is 12.8 Å². The van der Waals surface area contributed by atoms with Crippen molar-refractivity contribution in [3.8, 4) is 0 Å². The lowest BCUT2D eigenvalue weighted by Crippen LogP contribution is -2.61. The van der Waals surface area contributed by atoms with Crippen LogP contribution in [0.15, 0.2) is 48.6 Å². The predicted molar refractivity (Wildman–Crippen MR) is 224 cm³/mol. The molecule has 0 aliphatic carbocycles. The molecule has 57 heavy (non-hydrogen) atoms. The van der Waals surface area contributed by atoms with Gasteiger partial charge in [-0.05, 0) is 64.2 Å². The number of aliphatic hydroxyl groups is 5. The van der Waals surface area contributed by atoms with E-state index in [1.165, 1.54) is 57.4 Å². The van der Waals surface area contributed by atoms with Gasteiger partial charge in [0.1, 0.15) is 30.5 Å². The highest BCUT2D eigenvalue weighted by atomic mass is 32.3. The number of amides is 1. The largest absolute Gasteiger partial charge is 0.397 e. The van der Waals surface area contributed by atoms with E-state index in [9.17, 15) is 38.7 Å². The number of ether oxygens (including phenoxy) is 2. The third-order valence-corrected chi connectivity index (χ3v) is 10.4. The number of nitrogens with one attached hydrogen (secondary N) is 1. The first-order valence-electron chi connectivity index (χ1n) is 21.6. The summed E-state index contributed by atoms with van der Waals surface area (Å²) in [5.74, 6) is -0.726. The summed E-state index contributed by atoms with van der Waals surface area (Å²) in [7, 11) is -5.12. The second-order valence-electron chi connectivity index (χ2n) is 15.0. The number of aliphatic hydroxyl groups excluding tert-OH is 5. The standard InChI is InChI=1S/C43H77NO12S/c1-3-5-7-9-11-13-15-16-17-18-19-20-21-22-24-26-28-30-32-37(47)42(50)44-35(36(46)31-29-27-25-23-14-12-10-8-6-4-2)34-54-43-40(49)41(56-57(51,52)53)39(48)38(33-45)55-43/h6,8,14,18-19,23,29,31,35-41,43,45-49H,3-5,7,9-13,15-17,20-22,24-28,30,32-34H2,1-2H3,(H,44,50)(H,51,52,53)/b8-6+,19-18-,23-14+,31-29+. The minimum atomic E-state index is -5.12. The van der Waals surface area contributed by atoms with Gasteiger partial charge in [-0.25, -0.2) is 4.18 Å². The van der Waals surface area contributed by atoms with Crippen molar-refractivity contribution in [2.24, 2.45) is 0 Å². The Hall–Kier alpha value is -1.98. The molecular weight excluding hydrogens is 755 g/mol. The number of hydrogen-bond acceptors (Lipinski definition) is 11. The van der Waals surface area contributed by atoms with E-state index >= 15 is 0 Å². The maximum atomic E-state index is 13.0. The first-order chi connectivity index (χ1) is 27.4. The SMILES string of the molecule is CC/C=C/CC/C=C/CC/C=C/C(O)C(COC1OC(CO)C(O)C(OS(=O)(=O)O)C1O)NC(=O)C(O)CCCCCCCC/C=C\CCCCCCCCCC. The summed E-state index contributed by atoms with van der Waals surface area (Å²) in [6.45, 7) is 3.04. The van der Waals surface area contributed by atoms with Gasteiger partial charge in [0.2, 0.25) is 5.91 Å². The lowest BCUT2D eigenvalue weighted by molar-refractivity contribution is -0.298. The highest BCUT2D eigenvalue weighted by Gasteiger charge is 2.48. The fraction of sp³-hybridized carbons (Fsp3) is 0.791. The molecule has 13 nitrogen and oxygen atoms in total. The van der Waals surface area contributed by atoms with Crippen molar-refractivity contribution < 1.29 is 57.0 Å². The molecule has 1 aliphatic heterocycles. The van der Waals surface area contributed by atoms with Crippen molar-refractivity contribution >= 4 is 16.3 Å². The van der Waals surface area contributed by atoms with Crippen LogP contribution in [0.1, 0.15) is 155 Å². The van der Waals surface area contributed by atoms with Gasteiger partial charge in [-0.1, -0.05) is 140 Å². The molecule has 1 aliphatic rings. The van der Waals surface area contributed by atoms with E-state index in [-0.39, 0.29) is 6.42 Å². The van der Waals surface area contributed by atoms with E-state index < -0.39 is 78.5 Å². The van der Waals surface area contributed by atoms with Gasteiger partial charge in [-0.2, -0.15) is 8.42 Å². The van der Waals surface area contributed by atoms with Gasteiger partial charge in [-0.15, -0.1) is 0 Å². The first kappa shape index (κ1) is 53.0. The molecule has 0 saturated carbocycles. The summed E-state index contributed by atoms with van der Waals surface area (Å²) in [5, 5.41) is 54.9. The van der Waals surface area contributed by atoms with E-state index in [0.717, 1.165) is 70.6 Å². The van der Waals surface area contributed by atoms with Crippen LogP contribution >= 0.6 is 0 Å². The number of rotatable bonds is 35. The van der Waals surface area contributed by atoms with Gasteiger partial charge < -0.3 is 40.3 Å². The van der Waals surface area contributed by atoms with Crippen molar-refractivity contribution in [3.05, 3.63) is 48.6 Å². The number of carbonyl (C=O) groups is 1. The predicted octanol–water partition coefficient (Wildman–Crippen LogP) is 6.68. The van der Waals surface area contributed by atoms with Gasteiger partial charge in [0.05, 0.1) is 25.4 Å². The summed E-state index contributed by atoms with van der Waals surface area (Å²) in [4.78, 5) is 13.0. The van der Waals surface area contributed by atoms with Crippen molar-refractivity contribution in [1.82, 2.24) is 5.32 Å². The van der Waals surface area contributed by atoms with Crippen LogP contribution in [-0.4, -0.2) is 107 Å². The molecule has 14 heteroatoms. The number of allylic oxidation sites excluding steroid dienone is 7. The minimum Gasteiger partial charge on any atom is -0.394 e. The lowest BCUT2D eigenvalue weighted by Gasteiger charge is -2.41. The summed E-state index contributed by atoms with van der Waals surface area (Å²) < 4.78 is 47.3. The smallest absolute Gasteiger partial charge is 0.394 e. The third-order valence-electron chi connectivity index (χ3n) is 9.93. The Labute approximate surface area is 343 Å². The molecule has 1 saturated heterocycles. The average molecular weight is 832 g/mol. The normalized spacial score (nSPS) is 22.3. The molecule has 0 aromatic rings. The van der Waals surface area contributed by atoms with Gasteiger partial charge in [0.15, 0.2) is 6.29 Å². The molecule has 0 aromatic heterocycles. The molecule has 1 fully saturated rings. The van der Waals surface area contributed by atoms with Crippen molar-refractivity contribution in [2.75, 3.05) is 13.2 Å². The molecule has 8 atom stereocenters. The molecule has 1 rings (SSSR count). The lowest BCUT2D eigenvalue weighted by atomic mass is 9.99. The molecule has 1 heterocycles. The van der Waals surface area contributed by atoms with E-state index in [1.54, 1.807) is 6.08 Å². The van der Waals surface area contributed by atoms with Crippen molar-refractivity contribution in [2.45, 2.75) is 204 Å². The number of carbonyl (C=O) groups excluding carboxylic acids is 1. The quantitative estimate of drug-likeness (QED) is 0.0203. The van der Waals surface area contributed by atoms with Crippen LogP contribution in [0.5, 0.6) is 0 Å². The van der Waals surface area contributed by atoms with Crippen LogP contribution in [-0.2, 0) is 28.9 Å². The second-order valence-corrected chi connectivity index (χ2v) is 16.1. The molecule has 1 amide bonds. The Balaban J connectivity index is 2.59. The van der Waals surface area contributed by atoms with Gasteiger partial charge in [0.25, 0.3) is 0 Å². The van der Waals surface area contributed by atoms with Crippen LogP contribution in [0.2, 0.25) is 0 Å².